The number of allylic oxidation sites excluding steroid dienone is 5. The van der Waals surface area contributed by atoms with Crippen molar-refractivity contribution < 1.29 is 9.53 Å². The summed E-state index contributed by atoms with van der Waals surface area (Å²) in [7, 11) is 0. The molecule has 0 bridgehead atoms. The number of nitrogens with zero attached hydrogens (tertiary/aromatic N) is 3. The summed E-state index contributed by atoms with van der Waals surface area (Å²) < 4.78 is 7.64. The number of aromatic nitrogens is 3. The van der Waals surface area contributed by atoms with Crippen LogP contribution in [0.4, 0.5) is 0 Å². The Morgan fingerprint density at radius 2 is 2.19 bits per heavy atom. The van der Waals surface area contributed by atoms with Crippen molar-refractivity contribution in [1.29, 1.82) is 0 Å². The van der Waals surface area contributed by atoms with Gasteiger partial charge in [-0.25, -0.2) is 4.98 Å². The fraction of sp³-hybridized carbons (Fsp3) is 0.286. The molecule has 0 amide bonds. The van der Waals surface area contributed by atoms with Crippen LogP contribution in [0.1, 0.15) is 35.2 Å². The van der Waals surface area contributed by atoms with Crippen molar-refractivity contribution in [2.24, 2.45) is 5.92 Å². The van der Waals surface area contributed by atoms with Crippen LogP contribution >= 0.6 is 0 Å². The van der Waals surface area contributed by atoms with Gasteiger partial charge in [0, 0.05) is 29.1 Å². The molecule has 0 aromatic carbocycles. The zero-order valence-corrected chi connectivity index (χ0v) is 14.8. The monoisotopic (exact) mass is 347 g/mol. The molecule has 0 radical (unpaired) electrons. The quantitative estimate of drug-likeness (QED) is 0.750. The Kier molecular flexibility index (Phi) is 4.52. The molecule has 0 saturated heterocycles. The maximum absolute atomic E-state index is 11.4. The summed E-state index contributed by atoms with van der Waals surface area (Å²) in [5, 5.41) is 4.60. The standard InChI is InChI=1S/C21H21N3O2/c1-15-9-17(10-22-21(15)26-14-16-7-8-16)11-24-12-19-18(13-25)5-3-2-4-6-20(19)23-24/h2-6,9-10,12-13,16H,7-8,11,14H2,1H3/b3-2+,6-4-,18-5+. The SMILES string of the molecule is Cc1cc(Cn2cc3c(n2)\C=C/C=C/C=C/3C=O)cnc1OCC1CC1. The number of aldehydes is 1. The van der Waals surface area contributed by atoms with Crippen LogP contribution in [0.15, 0.2) is 42.8 Å². The molecule has 2 heterocycles. The van der Waals surface area contributed by atoms with E-state index in [1.165, 1.54) is 12.8 Å². The summed E-state index contributed by atoms with van der Waals surface area (Å²) >= 11 is 0. The fourth-order valence-electron chi connectivity index (χ4n) is 2.95. The van der Waals surface area contributed by atoms with Crippen LogP contribution in [-0.4, -0.2) is 27.7 Å². The average molecular weight is 347 g/mol. The molecular formula is C21H21N3O2. The molecule has 1 fully saturated rings. The molecule has 1 saturated carbocycles. The van der Waals surface area contributed by atoms with Gasteiger partial charge in [0.1, 0.15) is 0 Å². The van der Waals surface area contributed by atoms with Gasteiger partial charge in [-0.15, -0.1) is 0 Å². The molecule has 2 aliphatic rings. The van der Waals surface area contributed by atoms with Crippen LogP contribution in [0.2, 0.25) is 0 Å². The average Bonchev–Trinajstić information content (AvgIpc) is 3.37. The van der Waals surface area contributed by atoms with E-state index in [1.54, 1.807) is 6.08 Å². The third kappa shape index (κ3) is 3.67. The largest absolute Gasteiger partial charge is 0.477 e. The Balaban J connectivity index is 1.53. The lowest BCUT2D eigenvalue weighted by Gasteiger charge is -2.09. The van der Waals surface area contributed by atoms with Gasteiger partial charge in [-0.1, -0.05) is 24.3 Å². The zero-order valence-electron chi connectivity index (χ0n) is 14.8. The number of hydrogen-bond acceptors (Lipinski definition) is 4. The van der Waals surface area contributed by atoms with E-state index in [1.807, 2.05) is 48.3 Å². The van der Waals surface area contributed by atoms with Crippen LogP contribution < -0.4 is 4.74 Å². The molecule has 0 N–H and O–H groups in total. The lowest BCUT2D eigenvalue weighted by atomic mass is 10.1. The lowest BCUT2D eigenvalue weighted by Crippen LogP contribution is -2.05. The molecule has 2 aliphatic carbocycles. The third-order valence-electron chi connectivity index (χ3n) is 4.56. The molecule has 0 unspecified atom stereocenters. The van der Waals surface area contributed by atoms with Gasteiger partial charge < -0.3 is 4.74 Å². The molecule has 2 aromatic heterocycles. The highest BCUT2D eigenvalue weighted by atomic mass is 16.5. The number of aryl methyl sites for hydroxylation is 1. The van der Waals surface area contributed by atoms with Crippen LogP contribution in [0, 0.1) is 12.8 Å². The Labute approximate surface area is 152 Å². The van der Waals surface area contributed by atoms with Gasteiger partial charge in [-0.3, -0.25) is 9.48 Å². The van der Waals surface area contributed by atoms with Gasteiger partial charge in [0.25, 0.3) is 0 Å². The molecular weight excluding hydrogens is 326 g/mol. The number of fused-ring (bicyclic) bond motifs is 1. The van der Waals surface area contributed by atoms with Gasteiger partial charge >= 0.3 is 0 Å². The van der Waals surface area contributed by atoms with Gasteiger partial charge in [-0.05, 0) is 43.4 Å². The lowest BCUT2D eigenvalue weighted by molar-refractivity contribution is -0.103. The number of carbonyl (C=O) groups is 1. The van der Waals surface area contributed by atoms with Crippen LogP contribution in [0.25, 0.3) is 11.6 Å². The second-order valence-corrected chi connectivity index (χ2v) is 6.83. The summed E-state index contributed by atoms with van der Waals surface area (Å²) in [6, 6.07) is 2.09. The minimum atomic E-state index is 0.594. The second-order valence-electron chi connectivity index (χ2n) is 6.83. The predicted octanol–water partition coefficient (Wildman–Crippen LogP) is 3.59. The van der Waals surface area contributed by atoms with Crippen molar-refractivity contribution in [2.75, 3.05) is 6.61 Å². The van der Waals surface area contributed by atoms with E-state index in [0.29, 0.717) is 23.9 Å². The van der Waals surface area contributed by atoms with Crippen molar-refractivity contribution >= 4 is 17.9 Å². The highest BCUT2D eigenvalue weighted by Crippen LogP contribution is 2.30. The smallest absolute Gasteiger partial charge is 0.216 e. The Bertz CT molecular complexity index is 917. The fourth-order valence-corrected chi connectivity index (χ4v) is 2.95. The summed E-state index contributed by atoms with van der Waals surface area (Å²) in [5.74, 6) is 1.43. The van der Waals surface area contributed by atoms with Gasteiger partial charge in [-0.2, -0.15) is 5.10 Å². The maximum atomic E-state index is 11.4. The molecule has 0 aliphatic heterocycles. The maximum Gasteiger partial charge on any atom is 0.216 e. The normalized spacial score (nSPS) is 20.3. The van der Waals surface area contributed by atoms with Crippen LogP contribution in [0.5, 0.6) is 5.88 Å². The number of hydrogen-bond donors (Lipinski definition) is 0. The van der Waals surface area contributed by atoms with E-state index >= 15 is 0 Å². The molecule has 2 aromatic rings. The third-order valence-corrected chi connectivity index (χ3v) is 4.56. The minimum absolute atomic E-state index is 0.594. The van der Waals surface area contributed by atoms with Gasteiger partial charge in [0.2, 0.25) is 5.88 Å². The van der Waals surface area contributed by atoms with Crippen LogP contribution in [-0.2, 0) is 11.3 Å². The number of pyridine rings is 1. The van der Waals surface area contributed by atoms with Crippen molar-refractivity contribution in [3.63, 3.8) is 0 Å². The first kappa shape index (κ1) is 16.5. The van der Waals surface area contributed by atoms with E-state index in [9.17, 15) is 4.79 Å². The summed E-state index contributed by atoms with van der Waals surface area (Å²) in [5.41, 5.74) is 4.35. The Hall–Kier alpha value is -2.95. The topological polar surface area (TPSA) is 57.0 Å². The van der Waals surface area contributed by atoms with E-state index < -0.39 is 0 Å². The highest BCUT2D eigenvalue weighted by Gasteiger charge is 2.22. The number of carbonyl (C=O) groups excluding carboxylic acids is 1. The Morgan fingerprint density at radius 1 is 1.31 bits per heavy atom. The molecule has 132 valence electrons. The summed E-state index contributed by atoms with van der Waals surface area (Å²) in [6.07, 6.45) is 16.5. The first-order chi connectivity index (χ1) is 12.7. The number of rotatable bonds is 6. The minimum Gasteiger partial charge on any atom is -0.477 e. The molecule has 0 atom stereocenters. The van der Waals surface area contributed by atoms with E-state index in [2.05, 4.69) is 16.1 Å². The zero-order chi connectivity index (χ0) is 17.9. The van der Waals surface area contributed by atoms with E-state index in [-0.39, 0.29) is 0 Å². The van der Waals surface area contributed by atoms with E-state index in [0.717, 1.165) is 35.3 Å². The van der Waals surface area contributed by atoms with E-state index in [4.69, 9.17) is 4.74 Å². The molecule has 0 spiro atoms. The molecule has 4 rings (SSSR count). The Morgan fingerprint density at radius 3 is 2.96 bits per heavy atom. The van der Waals surface area contributed by atoms with Gasteiger partial charge in [0.15, 0.2) is 6.29 Å². The van der Waals surface area contributed by atoms with Crippen molar-refractivity contribution in [2.45, 2.75) is 26.3 Å². The predicted molar refractivity (Wildman–Crippen MR) is 101 cm³/mol. The van der Waals surface area contributed by atoms with Crippen molar-refractivity contribution in [3.8, 4) is 5.88 Å². The molecule has 5 heteroatoms. The highest BCUT2D eigenvalue weighted by molar-refractivity contribution is 6.08. The summed E-state index contributed by atoms with van der Waals surface area (Å²) in [6.45, 7) is 3.38. The van der Waals surface area contributed by atoms with Crippen molar-refractivity contribution in [3.05, 3.63) is 65.1 Å². The number of ether oxygens (including phenoxy) is 1. The molecule has 5 nitrogen and oxygen atoms in total. The second kappa shape index (κ2) is 7.12. The molecule has 26 heavy (non-hydrogen) atoms. The van der Waals surface area contributed by atoms with Crippen LogP contribution in [0.3, 0.4) is 0 Å². The first-order valence-corrected chi connectivity index (χ1v) is 8.89. The first-order valence-electron chi connectivity index (χ1n) is 8.89. The van der Waals surface area contributed by atoms with Gasteiger partial charge in [0.05, 0.1) is 18.8 Å². The summed E-state index contributed by atoms with van der Waals surface area (Å²) in [4.78, 5) is 15.8. The van der Waals surface area contributed by atoms with Crippen molar-refractivity contribution in [1.82, 2.24) is 14.8 Å².